The third-order valence-electron chi connectivity index (χ3n) is 5.25. The minimum atomic E-state index is -0.205. The van der Waals surface area contributed by atoms with Crippen molar-refractivity contribution >= 4 is 11.8 Å². The first-order chi connectivity index (χ1) is 14.9. The number of ether oxygens (including phenoxy) is 2. The first-order valence-corrected chi connectivity index (χ1v) is 10.3. The summed E-state index contributed by atoms with van der Waals surface area (Å²) in [6, 6.07) is 9.95. The Kier molecular flexibility index (Phi) is 5.99. The molecule has 0 aliphatic carbocycles. The maximum Gasteiger partial charge on any atom is 0.225 e. The van der Waals surface area contributed by atoms with Crippen LogP contribution in [0.2, 0.25) is 0 Å². The summed E-state index contributed by atoms with van der Waals surface area (Å²) in [6.07, 6.45) is 1.67. The quantitative estimate of drug-likeness (QED) is 0.623. The Balaban J connectivity index is 1.71. The predicted molar refractivity (Wildman–Crippen MR) is 121 cm³/mol. The molecule has 1 saturated heterocycles. The van der Waals surface area contributed by atoms with E-state index in [4.69, 9.17) is 14.5 Å². The van der Waals surface area contributed by atoms with Crippen LogP contribution in [0.3, 0.4) is 0 Å². The van der Waals surface area contributed by atoms with E-state index in [1.165, 1.54) is 0 Å². The molecule has 1 aromatic carbocycles. The molecule has 0 amide bonds. The van der Waals surface area contributed by atoms with Crippen molar-refractivity contribution < 1.29 is 9.47 Å². The lowest BCUT2D eigenvalue weighted by molar-refractivity contribution is 0.0371. The lowest BCUT2D eigenvalue weighted by Crippen LogP contribution is -2.39. The molecule has 0 bridgehead atoms. The second-order valence-electron chi connectivity index (χ2n) is 7.81. The Bertz CT molecular complexity index is 1030. The van der Waals surface area contributed by atoms with Crippen LogP contribution in [-0.2, 0) is 4.74 Å². The van der Waals surface area contributed by atoms with E-state index in [2.05, 4.69) is 19.9 Å². The van der Waals surface area contributed by atoms with E-state index in [1.807, 2.05) is 69.4 Å². The maximum atomic E-state index is 6.20. The lowest BCUT2D eigenvalue weighted by Gasteiger charge is -2.34. The molecule has 2 aromatic heterocycles. The van der Waals surface area contributed by atoms with Gasteiger partial charge in [-0.3, -0.25) is 0 Å². The van der Waals surface area contributed by atoms with Crippen LogP contribution in [0.5, 0.6) is 5.75 Å². The van der Waals surface area contributed by atoms with Gasteiger partial charge in [0.15, 0.2) is 0 Å². The Morgan fingerprint density at radius 2 is 1.87 bits per heavy atom. The zero-order valence-electron chi connectivity index (χ0n) is 18.7. The van der Waals surface area contributed by atoms with Crippen LogP contribution < -0.4 is 14.5 Å². The van der Waals surface area contributed by atoms with Gasteiger partial charge >= 0.3 is 0 Å². The fourth-order valence-corrected chi connectivity index (χ4v) is 3.72. The van der Waals surface area contributed by atoms with Crippen LogP contribution in [0.25, 0.3) is 11.1 Å². The van der Waals surface area contributed by atoms with E-state index >= 15 is 0 Å². The molecule has 162 valence electrons. The zero-order chi connectivity index (χ0) is 22.0. The molecule has 3 aromatic rings. The molecule has 1 aliphatic heterocycles. The Labute approximate surface area is 182 Å². The number of aryl methyl sites for hydroxylation is 2. The number of aromatic nitrogens is 4. The van der Waals surface area contributed by atoms with Gasteiger partial charge in [-0.2, -0.15) is 0 Å². The van der Waals surface area contributed by atoms with Gasteiger partial charge in [-0.15, -0.1) is 0 Å². The minimum Gasteiger partial charge on any atom is -0.497 e. The number of hydrogen-bond acceptors (Lipinski definition) is 8. The summed E-state index contributed by atoms with van der Waals surface area (Å²) < 4.78 is 11.5. The average molecular weight is 421 g/mol. The van der Waals surface area contributed by atoms with Gasteiger partial charge < -0.3 is 19.3 Å². The summed E-state index contributed by atoms with van der Waals surface area (Å²) >= 11 is 0. The molecule has 8 heteroatoms. The standard InChI is InChI=1S/C23H28N6O2/c1-15-12-21(26-16(2)25-15)29-10-11-31-20(14-29)22-19(13-24-23(27-22)28(3)4)17-6-8-18(30-5)9-7-17/h6-9,12-13,20H,10-11,14H2,1-5H3/t20-/m1/s1. The van der Waals surface area contributed by atoms with Crippen molar-refractivity contribution in [2.24, 2.45) is 0 Å². The predicted octanol–water partition coefficient (Wildman–Crippen LogP) is 3.20. The second kappa shape index (κ2) is 8.85. The van der Waals surface area contributed by atoms with Gasteiger partial charge in [0.1, 0.15) is 23.5 Å². The van der Waals surface area contributed by atoms with Crippen molar-refractivity contribution in [3.63, 3.8) is 0 Å². The smallest absolute Gasteiger partial charge is 0.225 e. The highest BCUT2D eigenvalue weighted by molar-refractivity contribution is 5.67. The van der Waals surface area contributed by atoms with Gasteiger partial charge in [-0.25, -0.2) is 19.9 Å². The number of morpholine rings is 1. The van der Waals surface area contributed by atoms with Crippen LogP contribution in [-0.4, -0.2) is 60.8 Å². The first kappa shape index (κ1) is 21.0. The molecule has 0 saturated carbocycles. The number of hydrogen-bond donors (Lipinski definition) is 0. The largest absolute Gasteiger partial charge is 0.497 e. The normalized spacial score (nSPS) is 16.3. The van der Waals surface area contributed by atoms with Gasteiger partial charge in [-0.1, -0.05) is 12.1 Å². The van der Waals surface area contributed by atoms with Crippen molar-refractivity contribution in [2.75, 3.05) is 50.7 Å². The molecule has 1 atom stereocenters. The highest BCUT2D eigenvalue weighted by Crippen LogP contribution is 2.33. The van der Waals surface area contributed by atoms with Crippen LogP contribution >= 0.6 is 0 Å². The number of nitrogens with zero attached hydrogens (tertiary/aromatic N) is 6. The SMILES string of the molecule is COc1ccc(-c2cnc(N(C)C)nc2[C@H]2CN(c3cc(C)nc(C)n3)CCO2)cc1. The van der Waals surface area contributed by atoms with Crippen LogP contribution in [0.15, 0.2) is 36.5 Å². The monoisotopic (exact) mass is 420 g/mol. The molecular weight excluding hydrogens is 392 g/mol. The molecule has 31 heavy (non-hydrogen) atoms. The summed E-state index contributed by atoms with van der Waals surface area (Å²) in [7, 11) is 5.54. The third kappa shape index (κ3) is 4.59. The third-order valence-corrected chi connectivity index (χ3v) is 5.25. The van der Waals surface area contributed by atoms with Gasteiger partial charge in [0, 0.05) is 44.2 Å². The van der Waals surface area contributed by atoms with Crippen LogP contribution in [0.1, 0.15) is 23.3 Å². The van der Waals surface area contributed by atoms with E-state index in [0.717, 1.165) is 46.5 Å². The fraction of sp³-hybridized carbons (Fsp3) is 0.391. The fourth-order valence-electron chi connectivity index (χ4n) is 3.72. The minimum absolute atomic E-state index is 0.205. The molecule has 3 heterocycles. The molecule has 0 spiro atoms. The van der Waals surface area contributed by atoms with Crippen molar-refractivity contribution in [1.29, 1.82) is 0 Å². The maximum absolute atomic E-state index is 6.20. The number of anilines is 2. The number of rotatable bonds is 5. The molecular formula is C23H28N6O2. The molecule has 1 aliphatic rings. The Hall–Kier alpha value is -3.26. The van der Waals surface area contributed by atoms with Crippen molar-refractivity contribution in [1.82, 2.24) is 19.9 Å². The summed E-state index contributed by atoms with van der Waals surface area (Å²) in [5, 5.41) is 0. The summed E-state index contributed by atoms with van der Waals surface area (Å²) in [5.74, 6) is 3.16. The number of benzene rings is 1. The summed E-state index contributed by atoms with van der Waals surface area (Å²) in [6.45, 7) is 5.94. The molecule has 0 N–H and O–H groups in total. The number of methoxy groups -OCH3 is 1. The van der Waals surface area contributed by atoms with Crippen LogP contribution in [0.4, 0.5) is 11.8 Å². The van der Waals surface area contributed by atoms with E-state index in [9.17, 15) is 0 Å². The van der Waals surface area contributed by atoms with Crippen LogP contribution in [0, 0.1) is 13.8 Å². The van der Waals surface area contributed by atoms with Gasteiger partial charge in [-0.05, 0) is 31.5 Å². The van der Waals surface area contributed by atoms with Gasteiger partial charge in [0.2, 0.25) is 5.95 Å². The lowest BCUT2D eigenvalue weighted by atomic mass is 10.0. The molecule has 8 nitrogen and oxygen atoms in total. The molecule has 1 fully saturated rings. The summed E-state index contributed by atoms with van der Waals surface area (Å²) in [4.78, 5) is 22.6. The van der Waals surface area contributed by atoms with E-state index in [-0.39, 0.29) is 6.10 Å². The topological polar surface area (TPSA) is 76.5 Å². The summed E-state index contributed by atoms with van der Waals surface area (Å²) in [5.41, 5.74) is 3.81. The Morgan fingerprint density at radius 1 is 1.10 bits per heavy atom. The Morgan fingerprint density at radius 3 is 2.55 bits per heavy atom. The van der Waals surface area contributed by atoms with Gasteiger partial charge in [0.05, 0.1) is 26.0 Å². The first-order valence-electron chi connectivity index (χ1n) is 10.3. The average Bonchev–Trinajstić information content (AvgIpc) is 2.78. The second-order valence-corrected chi connectivity index (χ2v) is 7.81. The molecule has 0 unspecified atom stereocenters. The highest BCUT2D eigenvalue weighted by atomic mass is 16.5. The highest BCUT2D eigenvalue weighted by Gasteiger charge is 2.28. The van der Waals surface area contributed by atoms with Crippen molar-refractivity contribution in [3.8, 4) is 16.9 Å². The van der Waals surface area contributed by atoms with Crippen molar-refractivity contribution in [2.45, 2.75) is 20.0 Å². The van der Waals surface area contributed by atoms with Crippen molar-refractivity contribution in [3.05, 3.63) is 53.7 Å². The van der Waals surface area contributed by atoms with E-state index in [1.54, 1.807) is 7.11 Å². The van der Waals surface area contributed by atoms with E-state index < -0.39 is 0 Å². The van der Waals surface area contributed by atoms with E-state index in [0.29, 0.717) is 19.1 Å². The molecule has 4 rings (SSSR count). The van der Waals surface area contributed by atoms with Gasteiger partial charge in [0.25, 0.3) is 0 Å². The zero-order valence-corrected chi connectivity index (χ0v) is 18.7. The molecule has 0 radical (unpaired) electrons.